The van der Waals surface area contributed by atoms with Gasteiger partial charge in [0.05, 0.1) is 6.61 Å². The maximum Gasteiger partial charge on any atom is 0.196 e. The molecule has 0 spiro atoms. The molecule has 0 aliphatic heterocycles. The lowest BCUT2D eigenvalue weighted by molar-refractivity contribution is 0.221. The van der Waals surface area contributed by atoms with E-state index in [-0.39, 0.29) is 18.8 Å². The molecule has 0 unspecified atom stereocenters. The van der Waals surface area contributed by atoms with Gasteiger partial charge in [-0.1, -0.05) is 30.9 Å². The highest BCUT2D eigenvalue weighted by Gasteiger charge is 2.13. The molecule has 1 aromatic rings. The second-order valence-corrected chi connectivity index (χ2v) is 4.76. The molecule has 0 amide bonds. The Kier molecular flexibility index (Phi) is 7.17. The molecular weight excluding hydrogens is 294 g/mol. The third-order valence-electron chi connectivity index (χ3n) is 2.93. The number of hydrogen-bond acceptors (Lipinski definition) is 1. The number of aryl methyl sites for hydroxylation is 1. The van der Waals surface area contributed by atoms with Crippen molar-refractivity contribution in [1.29, 1.82) is 0 Å². The van der Waals surface area contributed by atoms with Gasteiger partial charge in [0, 0.05) is 12.3 Å². The van der Waals surface area contributed by atoms with Crippen LogP contribution in [-0.4, -0.2) is 6.61 Å². The minimum Gasteiger partial charge on any atom is -0.491 e. The Hall–Kier alpha value is -1.61. The molecule has 0 heterocycles. The summed E-state index contributed by atoms with van der Waals surface area (Å²) in [6.07, 6.45) is 2.54. The summed E-state index contributed by atoms with van der Waals surface area (Å²) in [6.45, 7) is 7.31. The van der Waals surface area contributed by atoms with Crippen LogP contribution in [0.4, 0.5) is 8.78 Å². The Labute approximate surface area is 129 Å². The first-order valence-electron chi connectivity index (χ1n) is 6.67. The highest BCUT2D eigenvalue weighted by molar-refractivity contribution is 6.17. The lowest BCUT2D eigenvalue weighted by Gasteiger charge is -2.09. The summed E-state index contributed by atoms with van der Waals surface area (Å²) in [4.78, 5) is 0. The molecule has 0 fully saturated rings. The SMILES string of the molecule is C=C/C=C(OCC)\C(F)=C(\F)Cc1ccc(CCl)c(C)c1. The normalized spacial score (nSPS) is 12.9. The van der Waals surface area contributed by atoms with Gasteiger partial charge in [0.1, 0.15) is 5.83 Å². The standard InChI is InChI=1S/C17H19ClF2O/c1-4-6-16(21-5-2)17(20)15(19)10-13-7-8-14(11-18)12(3)9-13/h4,6-9H,1,5,10-11H2,2-3H3/b16-6+,17-15-. The number of ether oxygens (including phenoxy) is 1. The summed E-state index contributed by atoms with van der Waals surface area (Å²) < 4.78 is 33.1. The fourth-order valence-corrected chi connectivity index (χ4v) is 2.16. The van der Waals surface area contributed by atoms with Crippen LogP contribution in [0.15, 0.2) is 54.3 Å². The third kappa shape index (κ3) is 5.01. The van der Waals surface area contributed by atoms with Crippen molar-refractivity contribution in [1.82, 2.24) is 0 Å². The van der Waals surface area contributed by atoms with Gasteiger partial charge in [-0.25, -0.2) is 4.39 Å². The fourth-order valence-electron chi connectivity index (χ4n) is 1.86. The molecule has 0 saturated heterocycles. The average Bonchev–Trinajstić information content (AvgIpc) is 2.46. The van der Waals surface area contributed by atoms with Gasteiger partial charge in [-0.15, -0.1) is 11.6 Å². The second kappa shape index (κ2) is 8.63. The minimum atomic E-state index is -0.990. The smallest absolute Gasteiger partial charge is 0.196 e. The van der Waals surface area contributed by atoms with Crippen molar-refractivity contribution in [3.63, 3.8) is 0 Å². The summed E-state index contributed by atoms with van der Waals surface area (Å²) in [5, 5.41) is 0. The highest BCUT2D eigenvalue weighted by atomic mass is 35.5. The predicted molar refractivity (Wildman–Crippen MR) is 83.6 cm³/mol. The first kappa shape index (κ1) is 17.4. The van der Waals surface area contributed by atoms with Crippen LogP contribution in [0, 0.1) is 6.92 Å². The highest BCUT2D eigenvalue weighted by Crippen LogP contribution is 2.23. The third-order valence-corrected chi connectivity index (χ3v) is 3.22. The van der Waals surface area contributed by atoms with E-state index in [2.05, 4.69) is 6.58 Å². The van der Waals surface area contributed by atoms with Crippen LogP contribution in [0.25, 0.3) is 0 Å². The second-order valence-electron chi connectivity index (χ2n) is 4.49. The number of benzene rings is 1. The topological polar surface area (TPSA) is 9.23 Å². The van der Waals surface area contributed by atoms with Crippen molar-refractivity contribution in [3.8, 4) is 0 Å². The largest absolute Gasteiger partial charge is 0.491 e. The van der Waals surface area contributed by atoms with E-state index in [1.807, 2.05) is 19.1 Å². The van der Waals surface area contributed by atoms with Crippen LogP contribution in [0.1, 0.15) is 23.6 Å². The zero-order valence-electron chi connectivity index (χ0n) is 12.3. The minimum absolute atomic E-state index is 0.128. The molecule has 4 heteroatoms. The molecule has 0 radical (unpaired) electrons. The molecule has 0 aromatic heterocycles. The Balaban J connectivity index is 2.99. The van der Waals surface area contributed by atoms with Crippen LogP contribution in [0.2, 0.25) is 0 Å². The summed E-state index contributed by atoms with van der Waals surface area (Å²) in [5.74, 6) is -1.60. The zero-order chi connectivity index (χ0) is 15.8. The van der Waals surface area contributed by atoms with Crippen LogP contribution in [0.5, 0.6) is 0 Å². The van der Waals surface area contributed by atoms with Crippen molar-refractivity contribution in [2.24, 2.45) is 0 Å². The average molecular weight is 313 g/mol. The summed E-state index contributed by atoms with van der Waals surface area (Å²) in [5.41, 5.74) is 2.62. The number of hydrogen-bond donors (Lipinski definition) is 0. The van der Waals surface area contributed by atoms with Crippen molar-refractivity contribution in [2.45, 2.75) is 26.1 Å². The monoisotopic (exact) mass is 312 g/mol. The Morgan fingerprint density at radius 2 is 2.10 bits per heavy atom. The summed E-state index contributed by atoms with van der Waals surface area (Å²) in [6, 6.07) is 5.38. The van der Waals surface area contributed by atoms with Gasteiger partial charge in [0.2, 0.25) is 0 Å². The number of rotatable bonds is 7. The molecule has 114 valence electrons. The molecule has 0 aliphatic carbocycles. The van der Waals surface area contributed by atoms with Crippen LogP contribution in [0.3, 0.4) is 0 Å². The van der Waals surface area contributed by atoms with Crippen molar-refractivity contribution < 1.29 is 13.5 Å². The number of alkyl halides is 1. The Morgan fingerprint density at radius 3 is 2.62 bits per heavy atom. The first-order valence-corrected chi connectivity index (χ1v) is 7.21. The van der Waals surface area contributed by atoms with Gasteiger partial charge in [-0.2, -0.15) is 4.39 Å². The Bertz CT molecular complexity index is 562. The summed E-state index contributed by atoms with van der Waals surface area (Å²) >= 11 is 5.78. The number of halogens is 3. The number of allylic oxidation sites excluding steroid dienone is 4. The lowest BCUT2D eigenvalue weighted by atomic mass is 10.0. The van der Waals surface area contributed by atoms with E-state index in [9.17, 15) is 8.78 Å². The summed E-state index contributed by atoms with van der Waals surface area (Å²) in [7, 11) is 0. The van der Waals surface area contributed by atoms with Crippen LogP contribution < -0.4 is 0 Å². The first-order chi connectivity index (χ1) is 10.0. The van der Waals surface area contributed by atoms with Gasteiger partial charge in [-0.3, -0.25) is 0 Å². The fraction of sp³-hybridized carbons (Fsp3) is 0.294. The van der Waals surface area contributed by atoms with Crippen LogP contribution >= 0.6 is 11.6 Å². The molecule has 0 aliphatic rings. The molecule has 0 bridgehead atoms. The quantitative estimate of drug-likeness (QED) is 0.365. The van der Waals surface area contributed by atoms with E-state index >= 15 is 0 Å². The molecule has 21 heavy (non-hydrogen) atoms. The van der Waals surface area contributed by atoms with Crippen molar-refractivity contribution in [2.75, 3.05) is 6.61 Å². The van der Waals surface area contributed by atoms with E-state index < -0.39 is 11.7 Å². The van der Waals surface area contributed by atoms with Gasteiger partial charge in [-0.05, 0) is 36.6 Å². The van der Waals surface area contributed by atoms with Crippen molar-refractivity contribution in [3.05, 3.63) is 71.0 Å². The molecule has 0 atom stereocenters. The van der Waals surface area contributed by atoms with Gasteiger partial charge < -0.3 is 4.74 Å². The van der Waals surface area contributed by atoms with E-state index in [1.54, 1.807) is 13.0 Å². The zero-order valence-corrected chi connectivity index (χ0v) is 13.0. The van der Waals surface area contributed by atoms with Crippen LogP contribution in [-0.2, 0) is 17.0 Å². The molecule has 1 rings (SSSR count). The van der Waals surface area contributed by atoms with E-state index in [0.717, 1.165) is 11.1 Å². The molecule has 0 N–H and O–H groups in total. The van der Waals surface area contributed by atoms with E-state index in [0.29, 0.717) is 11.4 Å². The maximum atomic E-state index is 14.0. The van der Waals surface area contributed by atoms with Gasteiger partial charge in [0.15, 0.2) is 11.6 Å². The lowest BCUT2D eigenvalue weighted by Crippen LogP contribution is -1.97. The van der Waals surface area contributed by atoms with Gasteiger partial charge >= 0.3 is 0 Å². The van der Waals surface area contributed by atoms with Gasteiger partial charge in [0.25, 0.3) is 0 Å². The molecule has 1 aromatic carbocycles. The van der Waals surface area contributed by atoms with Crippen molar-refractivity contribution >= 4 is 11.6 Å². The predicted octanol–water partition coefficient (Wildman–Crippen LogP) is 5.53. The van der Waals surface area contributed by atoms with E-state index in [1.165, 1.54) is 12.2 Å². The maximum absolute atomic E-state index is 14.0. The molecule has 0 saturated carbocycles. The molecular formula is C17H19ClF2O. The Morgan fingerprint density at radius 1 is 1.38 bits per heavy atom. The van der Waals surface area contributed by atoms with E-state index in [4.69, 9.17) is 16.3 Å². The molecule has 1 nitrogen and oxygen atoms in total.